The van der Waals surface area contributed by atoms with Crippen LogP contribution in [0.15, 0.2) is 23.1 Å². The van der Waals surface area contributed by atoms with Gasteiger partial charge >= 0.3 is 0 Å². The zero-order valence-corrected chi connectivity index (χ0v) is 22.1. The van der Waals surface area contributed by atoms with Crippen molar-refractivity contribution < 1.29 is 14.4 Å². The molecular weight excluding hydrogens is 502 g/mol. The molecular formula is C27H31N7O3S. The monoisotopic (exact) mass is 533 g/mol. The number of carbonyl (C=O) groups excluding carboxylic acids is 3. The number of thioether (sulfide) groups is 1. The molecule has 5 aliphatic heterocycles. The zero-order valence-electron chi connectivity index (χ0n) is 21.3. The summed E-state index contributed by atoms with van der Waals surface area (Å²) in [5.41, 5.74) is 4.01. The molecule has 3 fully saturated rings. The molecule has 11 heteroatoms. The molecule has 0 saturated carbocycles. The second kappa shape index (κ2) is 9.53. The first-order valence-corrected chi connectivity index (χ1v) is 14.5. The number of rotatable bonds is 5. The van der Waals surface area contributed by atoms with Crippen LogP contribution in [0.5, 0.6) is 0 Å². The Morgan fingerprint density at radius 1 is 0.974 bits per heavy atom. The molecule has 0 aliphatic carbocycles. The van der Waals surface area contributed by atoms with Crippen molar-refractivity contribution in [2.24, 2.45) is 0 Å². The van der Waals surface area contributed by atoms with Crippen molar-refractivity contribution in [2.45, 2.75) is 49.7 Å². The van der Waals surface area contributed by atoms with E-state index in [9.17, 15) is 14.4 Å². The Bertz CT molecular complexity index is 1320. The highest BCUT2D eigenvalue weighted by Crippen LogP contribution is 2.39. The molecule has 6 heterocycles. The summed E-state index contributed by atoms with van der Waals surface area (Å²) < 4.78 is 0. The Hall–Kier alpha value is -3.18. The second-order valence-corrected chi connectivity index (χ2v) is 11.8. The summed E-state index contributed by atoms with van der Waals surface area (Å²) in [4.78, 5) is 56.8. The fraction of sp³-hybridized carbons (Fsp3) is 0.519. The van der Waals surface area contributed by atoms with Crippen LogP contribution >= 0.6 is 11.8 Å². The predicted molar refractivity (Wildman–Crippen MR) is 143 cm³/mol. The van der Waals surface area contributed by atoms with Gasteiger partial charge in [0.2, 0.25) is 17.8 Å². The Morgan fingerprint density at radius 2 is 1.82 bits per heavy atom. The molecule has 7 rings (SSSR count). The van der Waals surface area contributed by atoms with E-state index in [-0.39, 0.29) is 24.1 Å². The molecule has 2 aromatic rings. The summed E-state index contributed by atoms with van der Waals surface area (Å²) in [6.07, 6.45) is 2.89. The van der Waals surface area contributed by atoms with E-state index in [0.717, 1.165) is 75.3 Å². The van der Waals surface area contributed by atoms with E-state index in [1.807, 2.05) is 23.9 Å². The third-order valence-electron chi connectivity index (χ3n) is 8.30. The summed E-state index contributed by atoms with van der Waals surface area (Å²) >= 11 is 1.89. The Kier molecular flexibility index (Phi) is 6.00. The first-order chi connectivity index (χ1) is 18.5. The zero-order chi connectivity index (χ0) is 25.8. The van der Waals surface area contributed by atoms with Gasteiger partial charge in [-0.2, -0.15) is 4.98 Å². The minimum atomic E-state index is -0.577. The number of benzene rings is 1. The van der Waals surface area contributed by atoms with Crippen LogP contribution in [0.1, 0.15) is 46.4 Å². The highest BCUT2D eigenvalue weighted by atomic mass is 32.2. The molecule has 3 amide bonds. The number of piperidine rings is 1. The van der Waals surface area contributed by atoms with Crippen molar-refractivity contribution >= 4 is 41.2 Å². The maximum absolute atomic E-state index is 13.0. The van der Waals surface area contributed by atoms with Crippen molar-refractivity contribution in [3.63, 3.8) is 0 Å². The van der Waals surface area contributed by atoms with Gasteiger partial charge in [-0.15, -0.1) is 11.8 Å². The highest BCUT2D eigenvalue weighted by Gasteiger charge is 2.39. The largest absolute Gasteiger partial charge is 0.353 e. The fourth-order valence-electron chi connectivity index (χ4n) is 6.01. The van der Waals surface area contributed by atoms with E-state index in [0.29, 0.717) is 18.5 Å². The third kappa shape index (κ3) is 4.21. The van der Waals surface area contributed by atoms with Gasteiger partial charge in [-0.05, 0) is 30.0 Å². The van der Waals surface area contributed by atoms with E-state index in [4.69, 9.17) is 9.97 Å². The fourth-order valence-corrected chi connectivity index (χ4v) is 7.13. The van der Waals surface area contributed by atoms with Gasteiger partial charge in [-0.25, -0.2) is 4.98 Å². The summed E-state index contributed by atoms with van der Waals surface area (Å²) in [6.45, 7) is 7.09. The number of piperazine rings is 1. The molecule has 1 unspecified atom stereocenters. The van der Waals surface area contributed by atoms with Crippen molar-refractivity contribution in [1.29, 1.82) is 0 Å². The number of nitrogens with zero attached hydrogens (tertiary/aromatic N) is 6. The minimum absolute atomic E-state index is 0.123. The average molecular weight is 534 g/mol. The lowest BCUT2D eigenvalue weighted by molar-refractivity contribution is -0.136. The van der Waals surface area contributed by atoms with Crippen LogP contribution in [0.25, 0.3) is 0 Å². The van der Waals surface area contributed by atoms with E-state index in [1.54, 1.807) is 4.90 Å². The summed E-state index contributed by atoms with van der Waals surface area (Å²) in [7, 11) is 0. The quantitative estimate of drug-likeness (QED) is 0.572. The highest BCUT2D eigenvalue weighted by molar-refractivity contribution is 7.99. The molecule has 10 nitrogen and oxygen atoms in total. The maximum Gasteiger partial charge on any atom is 0.255 e. The van der Waals surface area contributed by atoms with Gasteiger partial charge in [-0.3, -0.25) is 24.6 Å². The summed E-state index contributed by atoms with van der Waals surface area (Å²) in [5, 5.41) is 2.37. The smallest absolute Gasteiger partial charge is 0.255 e. The van der Waals surface area contributed by atoms with E-state index in [2.05, 4.69) is 26.1 Å². The lowest BCUT2D eigenvalue weighted by atomic mass is 10.0. The van der Waals surface area contributed by atoms with Crippen LogP contribution in [-0.2, 0) is 29.1 Å². The number of aromatic nitrogens is 2. The maximum atomic E-state index is 13.0. The molecule has 1 atom stereocenters. The lowest BCUT2D eigenvalue weighted by Crippen LogP contribution is -2.52. The number of imide groups is 1. The standard InChI is InChI=1S/C27H31N7O3S/c35-22-5-4-21(25(36)29-22)34-16-18-14-17(2-3-19(18)26(34)37)15-31-9-11-32(12-10-31)24-23-20(6-13-38-23)28-27(30-24)33-7-1-8-33/h2-3,14,21H,1,4-13,15-16H2,(H,29,35,36). The summed E-state index contributed by atoms with van der Waals surface area (Å²) in [6, 6.07) is 5.46. The van der Waals surface area contributed by atoms with Gasteiger partial charge in [0, 0.05) is 76.5 Å². The second-order valence-electron chi connectivity index (χ2n) is 10.7. The Balaban J connectivity index is 1.01. The van der Waals surface area contributed by atoms with Crippen molar-refractivity contribution in [1.82, 2.24) is 25.1 Å². The molecule has 38 heavy (non-hydrogen) atoms. The molecule has 1 aromatic heterocycles. The first kappa shape index (κ1) is 23.9. The molecule has 1 aromatic carbocycles. The van der Waals surface area contributed by atoms with Crippen LogP contribution < -0.4 is 15.1 Å². The number of nitrogens with one attached hydrogen (secondary N) is 1. The molecule has 0 spiro atoms. The molecule has 198 valence electrons. The molecule has 3 saturated heterocycles. The third-order valence-corrected chi connectivity index (χ3v) is 9.41. The van der Waals surface area contributed by atoms with Gasteiger partial charge in [0.05, 0.1) is 10.6 Å². The van der Waals surface area contributed by atoms with Crippen LogP contribution in [0, 0.1) is 0 Å². The van der Waals surface area contributed by atoms with Crippen molar-refractivity contribution in [3.8, 4) is 0 Å². The van der Waals surface area contributed by atoms with Crippen LogP contribution in [0.4, 0.5) is 11.8 Å². The number of fused-ring (bicyclic) bond motifs is 2. The van der Waals surface area contributed by atoms with Crippen molar-refractivity contribution in [2.75, 3.05) is 54.8 Å². The Morgan fingerprint density at radius 3 is 2.58 bits per heavy atom. The lowest BCUT2D eigenvalue weighted by Gasteiger charge is -2.37. The number of amides is 3. The van der Waals surface area contributed by atoms with Gasteiger partial charge in [0.1, 0.15) is 11.9 Å². The Labute approximate surface area is 225 Å². The van der Waals surface area contributed by atoms with Gasteiger partial charge in [0.25, 0.3) is 5.91 Å². The number of hydrogen-bond donors (Lipinski definition) is 1. The first-order valence-electron chi connectivity index (χ1n) is 13.6. The molecule has 0 bridgehead atoms. The SMILES string of the molecule is O=C1CCC(N2Cc3cc(CN4CCN(c5nc(N6CCC6)nc6c5SCC6)CC4)ccc3C2=O)C(=O)N1. The number of anilines is 2. The number of carbonyl (C=O) groups is 3. The van der Waals surface area contributed by atoms with Crippen LogP contribution in [0.2, 0.25) is 0 Å². The van der Waals surface area contributed by atoms with E-state index >= 15 is 0 Å². The van der Waals surface area contributed by atoms with Gasteiger partial charge < -0.3 is 14.7 Å². The number of hydrogen-bond acceptors (Lipinski definition) is 9. The topological polar surface area (TPSA) is 102 Å². The summed E-state index contributed by atoms with van der Waals surface area (Å²) in [5.74, 6) is 2.34. The van der Waals surface area contributed by atoms with E-state index < -0.39 is 6.04 Å². The predicted octanol–water partition coefficient (Wildman–Crippen LogP) is 1.42. The molecule has 0 radical (unpaired) electrons. The van der Waals surface area contributed by atoms with E-state index in [1.165, 1.54) is 22.6 Å². The minimum Gasteiger partial charge on any atom is -0.353 e. The van der Waals surface area contributed by atoms with Gasteiger partial charge in [0.15, 0.2) is 0 Å². The normalized spacial score (nSPS) is 23.4. The van der Waals surface area contributed by atoms with Crippen molar-refractivity contribution in [3.05, 3.63) is 40.6 Å². The molecule has 5 aliphatic rings. The number of aryl methyl sites for hydroxylation is 1. The average Bonchev–Trinajstić information content (AvgIpc) is 3.47. The molecule has 1 N–H and O–H groups in total. The van der Waals surface area contributed by atoms with Crippen LogP contribution in [0.3, 0.4) is 0 Å². The van der Waals surface area contributed by atoms with Gasteiger partial charge in [-0.1, -0.05) is 12.1 Å². The van der Waals surface area contributed by atoms with Crippen LogP contribution in [-0.4, -0.2) is 88.6 Å².